The third kappa shape index (κ3) is 3.81. The second-order valence-corrected chi connectivity index (χ2v) is 8.28. The number of hydrogen-bond acceptors (Lipinski definition) is 4. The van der Waals surface area contributed by atoms with E-state index >= 15 is 0 Å². The highest BCUT2D eigenvalue weighted by Crippen LogP contribution is 2.25. The lowest BCUT2D eigenvalue weighted by Crippen LogP contribution is -2.40. The molecule has 0 radical (unpaired) electrons. The summed E-state index contributed by atoms with van der Waals surface area (Å²) in [5, 5.41) is 0. The number of nitrogens with two attached hydrogens (primary N) is 1. The highest BCUT2D eigenvalue weighted by Gasteiger charge is 2.18. The molecule has 0 saturated heterocycles. The zero-order valence-electron chi connectivity index (χ0n) is 9.10. The Morgan fingerprint density at radius 1 is 1.50 bits per heavy atom. The molecule has 3 N–H and O–H groups in total. The molecular weight excluding hydrogens is 312 g/mol. The summed E-state index contributed by atoms with van der Waals surface area (Å²) in [6.45, 7) is 4.18. The standard InChI is InChI=1S/C9H15BrN2O2S2/c1-6(2)7(11)5-12-16(13,14)9-4-3-8(10)15-9/h3-4,6-7,12H,5,11H2,1-2H3. The van der Waals surface area contributed by atoms with E-state index in [0.717, 1.165) is 3.79 Å². The van der Waals surface area contributed by atoms with Crippen molar-refractivity contribution >= 4 is 37.3 Å². The van der Waals surface area contributed by atoms with Gasteiger partial charge < -0.3 is 5.73 Å². The van der Waals surface area contributed by atoms with E-state index < -0.39 is 10.0 Å². The minimum atomic E-state index is -3.41. The van der Waals surface area contributed by atoms with Crippen molar-refractivity contribution in [2.75, 3.05) is 6.54 Å². The number of rotatable bonds is 5. The van der Waals surface area contributed by atoms with Crippen LogP contribution in [0.1, 0.15) is 13.8 Å². The van der Waals surface area contributed by atoms with Crippen LogP contribution in [0.4, 0.5) is 0 Å². The lowest BCUT2D eigenvalue weighted by Gasteiger charge is -2.15. The maximum Gasteiger partial charge on any atom is 0.250 e. The summed E-state index contributed by atoms with van der Waals surface area (Å²) >= 11 is 4.41. The largest absolute Gasteiger partial charge is 0.326 e. The third-order valence-corrected chi connectivity index (χ3v) is 5.72. The maximum absolute atomic E-state index is 11.8. The predicted molar refractivity (Wildman–Crippen MR) is 70.0 cm³/mol. The van der Waals surface area contributed by atoms with Crippen LogP contribution in [0.5, 0.6) is 0 Å². The van der Waals surface area contributed by atoms with Gasteiger partial charge in [-0.2, -0.15) is 0 Å². The zero-order valence-corrected chi connectivity index (χ0v) is 12.3. The highest BCUT2D eigenvalue weighted by atomic mass is 79.9. The molecule has 1 unspecified atom stereocenters. The van der Waals surface area contributed by atoms with Crippen molar-refractivity contribution in [3.63, 3.8) is 0 Å². The molecule has 0 spiro atoms. The molecule has 1 atom stereocenters. The number of thiophene rings is 1. The van der Waals surface area contributed by atoms with E-state index in [0.29, 0.717) is 4.21 Å². The van der Waals surface area contributed by atoms with Gasteiger partial charge in [0.25, 0.3) is 0 Å². The van der Waals surface area contributed by atoms with Gasteiger partial charge in [-0.3, -0.25) is 0 Å². The first kappa shape index (κ1) is 14.1. The van der Waals surface area contributed by atoms with Crippen LogP contribution in [0, 0.1) is 5.92 Å². The van der Waals surface area contributed by atoms with Crippen LogP contribution in [-0.2, 0) is 10.0 Å². The summed E-state index contributed by atoms with van der Waals surface area (Å²) in [6.07, 6.45) is 0. The Kier molecular flexibility index (Phi) is 4.93. The van der Waals surface area contributed by atoms with E-state index in [1.807, 2.05) is 13.8 Å². The second-order valence-electron chi connectivity index (χ2n) is 3.82. The lowest BCUT2D eigenvalue weighted by atomic mass is 10.1. The summed E-state index contributed by atoms with van der Waals surface area (Å²) in [6, 6.07) is 3.11. The molecule has 0 amide bonds. The fraction of sp³-hybridized carbons (Fsp3) is 0.556. The average molecular weight is 327 g/mol. The molecule has 1 aromatic heterocycles. The Morgan fingerprint density at radius 2 is 2.12 bits per heavy atom. The fourth-order valence-electron chi connectivity index (χ4n) is 0.955. The molecule has 92 valence electrons. The van der Waals surface area contributed by atoms with E-state index in [4.69, 9.17) is 5.73 Å². The molecule has 16 heavy (non-hydrogen) atoms. The van der Waals surface area contributed by atoms with E-state index in [2.05, 4.69) is 20.7 Å². The van der Waals surface area contributed by atoms with E-state index in [-0.39, 0.29) is 18.5 Å². The quantitative estimate of drug-likeness (QED) is 0.866. The Bertz CT molecular complexity index is 442. The molecule has 0 fully saturated rings. The van der Waals surface area contributed by atoms with E-state index in [9.17, 15) is 8.42 Å². The van der Waals surface area contributed by atoms with Crippen molar-refractivity contribution in [2.24, 2.45) is 11.7 Å². The first-order valence-corrected chi connectivity index (χ1v) is 7.93. The molecule has 0 aliphatic rings. The summed E-state index contributed by atoms with van der Waals surface area (Å²) in [5.41, 5.74) is 5.77. The molecule has 1 heterocycles. The fourth-order valence-corrected chi connectivity index (χ4v) is 4.08. The summed E-state index contributed by atoms with van der Waals surface area (Å²) in [7, 11) is -3.41. The van der Waals surface area contributed by atoms with Gasteiger partial charge in [0, 0.05) is 12.6 Å². The van der Waals surface area contributed by atoms with E-state index in [1.165, 1.54) is 11.3 Å². The first-order chi connectivity index (χ1) is 7.33. The van der Waals surface area contributed by atoms with Crippen LogP contribution in [0.2, 0.25) is 0 Å². The molecule has 1 aromatic rings. The Hall–Kier alpha value is 0.0500. The van der Waals surface area contributed by atoms with Gasteiger partial charge in [0.05, 0.1) is 3.79 Å². The minimum Gasteiger partial charge on any atom is -0.326 e. The van der Waals surface area contributed by atoms with Crippen molar-refractivity contribution < 1.29 is 8.42 Å². The number of sulfonamides is 1. The van der Waals surface area contributed by atoms with Gasteiger partial charge in [0.2, 0.25) is 10.0 Å². The first-order valence-electron chi connectivity index (χ1n) is 4.83. The van der Waals surface area contributed by atoms with Crippen molar-refractivity contribution in [3.8, 4) is 0 Å². The monoisotopic (exact) mass is 326 g/mol. The van der Waals surface area contributed by atoms with Crippen LogP contribution in [0.3, 0.4) is 0 Å². The zero-order chi connectivity index (χ0) is 12.3. The number of hydrogen-bond donors (Lipinski definition) is 2. The molecule has 1 rings (SSSR count). The number of nitrogens with one attached hydrogen (secondary N) is 1. The molecule has 7 heteroatoms. The summed E-state index contributed by atoms with van der Waals surface area (Å²) < 4.78 is 27.2. The van der Waals surface area contributed by atoms with Crippen LogP contribution in [0.15, 0.2) is 20.1 Å². The van der Waals surface area contributed by atoms with Gasteiger partial charge in [-0.05, 0) is 34.0 Å². The van der Waals surface area contributed by atoms with Crippen LogP contribution >= 0.6 is 27.3 Å². The van der Waals surface area contributed by atoms with Crippen molar-refractivity contribution in [1.82, 2.24) is 4.72 Å². The summed E-state index contributed by atoms with van der Waals surface area (Å²) in [5.74, 6) is 0.248. The molecule has 0 aromatic carbocycles. The maximum atomic E-state index is 11.8. The Balaban J connectivity index is 2.67. The van der Waals surface area contributed by atoms with Gasteiger partial charge >= 0.3 is 0 Å². The van der Waals surface area contributed by atoms with Crippen molar-refractivity contribution in [2.45, 2.75) is 24.1 Å². The second kappa shape index (κ2) is 5.59. The molecule has 0 bridgehead atoms. The number of halogens is 1. The SMILES string of the molecule is CC(C)C(N)CNS(=O)(=O)c1ccc(Br)s1. The van der Waals surface area contributed by atoms with Gasteiger partial charge in [0.1, 0.15) is 4.21 Å². The van der Waals surface area contributed by atoms with E-state index in [1.54, 1.807) is 12.1 Å². The van der Waals surface area contributed by atoms with Crippen LogP contribution in [0.25, 0.3) is 0 Å². The summed E-state index contributed by atoms with van der Waals surface area (Å²) in [4.78, 5) is 0. The molecule has 0 aliphatic carbocycles. The lowest BCUT2D eigenvalue weighted by molar-refractivity contribution is 0.482. The van der Waals surface area contributed by atoms with Crippen molar-refractivity contribution in [3.05, 3.63) is 15.9 Å². The third-order valence-electron chi connectivity index (χ3n) is 2.18. The Morgan fingerprint density at radius 3 is 2.56 bits per heavy atom. The predicted octanol–water partition coefficient (Wildman–Crippen LogP) is 1.77. The van der Waals surface area contributed by atoms with Gasteiger partial charge in [-0.25, -0.2) is 13.1 Å². The minimum absolute atomic E-state index is 0.168. The van der Waals surface area contributed by atoms with Crippen LogP contribution in [-0.4, -0.2) is 21.0 Å². The highest BCUT2D eigenvalue weighted by molar-refractivity contribution is 9.11. The topological polar surface area (TPSA) is 72.2 Å². The molecule has 0 saturated carbocycles. The van der Waals surface area contributed by atoms with Gasteiger partial charge in [0.15, 0.2) is 0 Å². The van der Waals surface area contributed by atoms with Gasteiger partial charge in [-0.15, -0.1) is 11.3 Å². The molecular formula is C9H15BrN2O2S2. The van der Waals surface area contributed by atoms with Crippen molar-refractivity contribution in [1.29, 1.82) is 0 Å². The Labute approximate surface area is 108 Å². The molecule has 0 aliphatic heterocycles. The van der Waals surface area contributed by atoms with Crippen LogP contribution < -0.4 is 10.5 Å². The molecule has 4 nitrogen and oxygen atoms in total. The van der Waals surface area contributed by atoms with Gasteiger partial charge in [-0.1, -0.05) is 13.8 Å². The average Bonchev–Trinajstić information content (AvgIpc) is 2.61. The smallest absolute Gasteiger partial charge is 0.250 e. The normalized spacial score (nSPS) is 14.3.